The van der Waals surface area contributed by atoms with Gasteiger partial charge in [-0.05, 0) is 139 Å². The van der Waals surface area contributed by atoms with Gasteiger partial charge in [-0.1, -0.05) is 136 Å². The maximum Gasteiger partial charge on any atom is 0.0991 e. The van der Waals surface area contributed by atoms with Crippen LogP contribution < -0.4 is 0 Å². The monoisotopic (exact) mass is 827 g/mol. The van der Waals surface area contributed by atoms with E-state index in [0.717, 1.165) is 16.7 Å². The standard InChI is InChI=1S/C62H41N3/c1-35-15-16-36(34-63)29-49(35)40-21-26-54-50(31-40)47-13-8-14-48-59-46-12-7-11-43(45(46)24-28-57(59)64(54)60(47)48)41-32-52-51-30-39(37-17-22-42(23-18-37)62(2,3)4)20-25-55(51)65-56-27-19-38-9-5-6-10-44(38)58(56)53(33-41)61(52)65/h5-33H,1-4H3. The number of rotatable bonds is 3. The number of nitrogens with zero attached hydrogens (tertiary/aromatic N) is 3. The van der Waals surface area contributed by atoms with Gasteiger partial charge in [0.05, 0.1) is 44.7 Å². The van der Waals surface area contributed by atoms with E-state index in [1.807, 2.05) is 18.2 Å². The maximum atomic E-state index is 9.69. The molecule has 4 aromatic heterocycles. The van der Waals surface area contributed by atoms with Crippen LogP contribution in [0.2, 0.25) is 0 Å². The number of nitriles is 1. The van der Waals surface area contributed by atoms with Crippen molar-refractivity contribution in [2.45, 2.75) is 33.1 Å². The molecule has 65 heavy (non-hydrogen) atoms. The van der Waals surface area contributed by atoms with Gasteiger partial charge in [0.25, 0.3) is 0 Å². The van der Waals surface area contributed by atoms with Crippen molar-refractivity contribution in [3.63, 3.8) is 0 Å². The number of benzene rings is 10. The molecule has 3 nitrogen and oxygen atoms in total. The Morgan fingerprint density at radius 1 is 0.400 bits per heavy atom. The molecule has 0 amide bonds. The summed E-state index contributed by atoms with van der Waals surface area (Å²) >= 11 is 0. The minimum absolute atomic E-state index is 0.101. The Bertz CT molecular complexity index is 4390. The summed E-state index contributed by atoms with van der Waals surface area (Å²) in [6, 6.07) is 68.0. The second-order valence-corrected chi connectivity index (χ2v) is 19.3. The Morgan fingerprint density at radius 2 is 1.00 bits per heavy atom. The first-order valence-electron chi connectivity index (χ1n) is 22.6. The van der Waals surface area contributed by atoms with Gasteiger partial charge >= 0.3 is 0 Å². The minimum atomic E-state index is 0.101. The number of fused-ring (bicyclic) bond motifs is 16. The second kappa shape index (κ2) is 12.7. The van der Waals surface area contributed by atoms with Crippen LogP contribution in [0.4, 0.5) is 0 Å². The quantitative estimate of drug-likeness (QED) is 0.175. The topological polar surface area (TPSA) is 32.6 Å². The molecule has 14 aromatic rings. The molecule has 0 bridgehead atoms. The van der Waals surface area contributed by atoms with Gasteiger partial charge < -0.3 is 8.80 Å². The van der Waals surface area contributed by atoms with Gasteiger partial charge in [-0.25, -0.2) is 0 Å². The summed E-state index contributed by atoms with van der Waals surface area (Å²) in [7, 11) is 0. The maximum absolute atomic E-state index is 9.69. The molecule has 10 aromatic carbocycles. The van der Waals surface area contributed by atoms with Gasteiger partial charge in [0.15, 0.2) is 0 Å². The third-order valence-electron chi connectivity index (χ3n) is 14.7. The van der Waals surface area contributed by atoms with Crippen molar-refractivity contribution in [3.8, 4) is 39.4 Å². The van der Waals surface area contributed by atoms with Crippen LogP contribution >= 0.6 is 0 Å². The SMILES string of the molecule is Cc1ccc(C#N)cc1-c1ccc2c(c1)c1cccc3c4c5cccc(-c6cc7c8cc(-c9ccc(C(C)(C)C)cc9)ccc8n8c9ccc%10ccccc%10c9c(c6)c78)c5ccc4n2c13. The first-order chi connectivity index (χ1) is 31.7. The number of para-hydroxylation sites is 1. The Balaban J connectivity index is 1.02. The van der Waals surface area contributed by atoms with E-state index in [-0.39, 0.29) is 5.41 Å². The average Bonchev–Trinajstić information content (AvgIpc) is 4.07. The van der Waals surface area contributed by atoms with E-state index in [4.69, 9.17) is 0 Å². The van der Waals surface area contributed by atoms with Crippen molar-refractivity contribution < 1.29 is 0 Å². The largest absolute Gasteiger partial charge is 0.308 e. The predicted molar refractivity (Wildman–Crippen MR) is 275 cm³/mol. The van der Waals surface area contributed by atoms with Crippen LogP contribution in [0.25, 0.3) is 131 Å². The molecular formula is C62H41N3. The highest BCUT2D eigenvalue weighted by Crippen LogP contribution is 2.48. The van der Waals surface area contributed by atoms with Gasteiger partial charge in [-0.2, -0.15) is 5.26 Å². The van der Waals surface area contributed by atoms with Crippen LogP contribution in [0.15, 0.2) is 176 Å². The van der Waals surface area contributed by atoms with Crippen LogP contribution in [0.1, 0.15) is 37.5 Å². The minimum Gasteiger partial charge on any atom is -0.308 e. The van der Waals surface area contributed by atoms with Crippen molar-refractivity contribution in [1.82, 2.24) is 8.80 Å². The molecule has 0 unspecified atom stereocenters. The normalized spacial score (nSPS) is 12.6. The fourth-order valence-corrected chi connectivity index (χ4v) is 11.6. The second-order valence-electron chi connectivity index (χ2n) is 19.3. The molecular weight excluding hydrogens is 787 g/mol. The highest BCUT2D eigenvalue weighted by Gasteiger charge is 2.24. The van der Waals surface area contributed by atoms with Crippen LogP contribution in [0.3, 0.4) is 0 Å². The van der Waals surface area contributed by atoms with Crippen molar-refractivity contribution in [1.29, 1.82) is 5.26 Å². The van der Waals surface area contributed by atoms with Crippen molar-refractivity contribution in [2.24, 2.45) is 0 Å². The van der Waals surface area contributed by atoms with Crippen molar-refractivity contribution >= 4 is 97.7 Å². The molecule has 0 aliphatic carbocycles. The molecule has 0 saturated carbocycles. The Labute approximate surface area is 375 Å². The van der Waals surface area contributed by atoms with E-state index in [1.54, 1.807) is 0 Å². The average molecular weight is 828 g/mol. The molecule has 0 aliphatic heterocycles. The van der Waals surface area contributed by atoms with E-state index in [9.17, 15) is 5.26 Å². The lowest BCUT2D eigenvalue weighted by molar-refractivity contribution is 0.590. The molecule has 0 radical (unpaired) electrons. The zero-order valence-corrected chi connectivity index (χ0v) is 36.6. The first-order valence-corrected chi connectivity index (χ1v) is 22.6. The molecule has 304 valence electrons. The number of aromatic nitrogens is 2. The third kappa shape index (κ3) is 4.89. The predicted octanol–water partition coefficient (Wildman–Crippen LogP) is 16.8. The highest BCUT2D eigenvalue weighted by atomic mass is 14.9. The molecule has 3 heteroatoms. The van der Waals surface area contributed by atoms with Crippen molar-refractivity contribution in [3.05, 3.63) is 193 Å². The van der Waals surface area contributed by atoms with Gasteiger partial charge in [0.2, 0.25) is 0 Å². The van der Waals surface area contributed by atoms with E-state index < -0.39 is 0 Å². The molecule has 0 fully saturated rings. The van der Waals surface area contributed by atoms with E-state index in [1.165, 1.54) is 126 Å². The van der Waals surface area contributed by atoms with E-state index in [0.29, 0.717) is 5.56 Å². The fourth-order valence-electron chi connectivity index (χ4n) is 11.6. The number of hydrogen-bond donors (Lipinski definition) is 0. The molecule has 0 saturated heterocycles. The zero-order valence-electron chi connectivity index (χ0n) is 36.6. The first kappa shape index (κ1) is 36.3. The summed E-state index contributed by atoms with van der Waals surface area (Å²) in [5.74, 6) is 0. The van der Waals surface area contributed by atoms with E-state index in [2.05, 4.69) is 200 Å². The third-order valence-corrected chi connectivity index (χ3v) is 14.7. The molecule has 4 heterocycles. The lowest BCUT2D eigenvalue weighted by atomic mass is 9.86. The Hall–Kier alpha value is -8.19. The van der Waals surface area contributed by atoms with Gasteiger partial charge in [0, 0.05) is 43.1 Å². The van der Waals surface area contributed by atoms with Crippen LogP contribution in [-0.4, -0.2) is 8.80 Å². The summed E-state index contributed by atoms with van der Waals surface area (Å²) in [5, 5.41) is 24.9. The van der Waals surface area contributed by atoms with Crippen LogP contribution in [-0.2, 0) is 5.41 Å². The molecule has 0 N–H and O–H groups in total. The lowest BCUT2D eigenvalue weighted by Gasteiger charge is -2.19. The number of hydrogen-bond acceptors (Lipinski definition) is 1. The Kier molecular flexibility index (Phi) is 7.11. The van der Waals surface area contributed by atoms with Crippen LogP contribution in [0.5, 0.6) is 0 Å². The number of aryl methyl sites for hydroxylation is 1. The summed E-state index contributed by atoms with van der Waals surface area (Å²) in [6.45, 7) is 8.95. The molecule has 0 atom stereocenters. The summed E-state index contributed by atoms with van der Waals surface area (Å²) in [4.78, 5) is 0. The highest BCUT2D eigenvalue weighted by molar-refractivity contribution is 6.32. The molecule has 0 aliphatic rings. The van der Waals surface area contributed by atoms with E-state index >= 15 is 0 Å². The van der Waals surface area contributed by atoms with Crippen LogP contribution in [0, 0.1) is 18.3 Å². The summed E-state index contributed by atoms with van der Waals surface area (Å²) < 4.78 is 4.99. The molecule has 14 rings (SSSR count). The Morgan fingerprint density at radius 3 is 1.80 bits per heavy atom. The lowest BCUT2D eigenvalue weighted by Crippen LogP contribution is -2.10. The van der Waals surface area contributed by atoms with Gasteiger partial charge in [0.1, 0.15) is 0 Å². The van der Waals surface area contributed by atoms with Gasteiger partial charge in [-0.3, -0.25) is 0 Å². The summed E-state index contributed by atoms with van der Waals surface area (Å²) in [5.41, 5.74) is 17.9. The van der Waals surface area contributed by atoms with Crippen molar-refractivity contribution in [2.75, 3.05) is 0 Å². The fraction of sp³-hybridized carbons (Fsp3) is 0.0806. The molecule has 0 spiro atoms. The zero-order chi connectivity index (χ0) is 43.5. The van der Waals surface area contributed by atoms with Gasteiger partial charge in [-0.15, -0.1) is 0 Å². The summed E-state index contributed by atoms with van der Waals surface area (Å²) in [6.07, 6.45) is 0. The smallest absolute Gasteiger partial charge is 0.0991 e.